The van der Waals surface area contributed by atoms with Crippen LogP contribution in [0.1, 0.15) is 22.3 Å². The van der Waals surface area contributed by atoms with Crippen LogP contribution in [-0.2, 0) is 0 Å². The summed E-state index contributed by atoms with van der Waals surface area (Å²) < 4.78 is 0. The molecule has 0 amide bonds. The molecule has 0 aliphatic carbocycles. The highest BCUT2D eigenvalue weighted by Gasteiger charge is 2.20. The van der Waals surface area contributed by atoms with Gasteiger partial charge in [-0.05, 0) is 41.7 Å². The summed E-state index contributed by atoms with van der Waals surface area (Å²) in [6.07, 6.45) is 0. The van der Waals surface area contributed by atoms with E-state index in [1.807, 2.05) is 56.3 Å². The number of nitrogens with one attached hydrogen (secondary N) is 1. The molecule has 0 aliphatic heterocycles. The molecule has 0 spiro atoms. The van der Waals surface area contributed by atoms with Crippen molar-refractivity contribution in [3.63, 3.8) is 0 Å². The monoisotopic (exact) mass is 340 g/mol. The molecule has 0 saturated carbocycles. The van der Waals surface area contributed by atoms with Gasteiger partial charge in [0.05, 0.1) is 0 Å². The minimum atomic E-state index is -0.603. The average molecular weight is 340 g/mol. The van der Waals surface area contributed by atoms with Gasteiger partial charge in [-0.15, -0.1) is 0 Å². The highest BCUT2D eigenvalue weighted by atomic mass is 16.1. The van der Waals surface area contributed by atoms with Crippen molar-refractivity contribution in [1.29, 1.82) is 10.5 Å². The fourth-order valence-corrected chi connectivity index (χ4v) is 2.97. The smallest absolute Gasteiger partial charge is 0.268 e. The zero-order chi connectivity index (χ0) is 18.8. The molecule has 3 N–H and O–H groups in total. The van der Waals surface area contributed by atoms with E-state index in [1.54, 1.807) is 12.1 Å². The molecule has 5 heteroatoms. The molecule has 0 aliphatic rings. The van der Waals surface area contributed by atoms with Crippen molar-refractivity contribution in [1.82, 2.24) is 4.98 Å². The molecule has 3 aromatic rings. The number of aryl methyl sites for hydroxylation is 2. The highest BCUT2D eigenvalue weighted by molar-refractivity contribution is 5.90. The second kappa shape index (κ2) is 6.58. The van der Waals surface area contributed by atoms with Crippen LogP contribution in [0.3, 0.4) is 0 Å². The Kier molecular flexibility index (Phi) is 4.31. The van der Waals surface area contributed by atoms with E-state index < -0.39 is 5.56 Å². The lowest BCUT2D eigenvalue weighted by atomic mass is 9.89. The molecule has 3 rings (SSSR count). The van der Waals surface area contributed by atoms with Crippen LogP contribution in [0.25, 0.3) is 22.3 Å². The Bertz CT molecular complexity index is 1160. The van der Waals surface area contributed by atoms with Crippen molar-refractivity contribution in [3.05, 3.63) is 75.1 Å². The maximum Gasteiger partial charge on any atom is 0.268 e. The Balaban J connectivity index is 2.41. The quantitative estimate of drug-likeness (QED) is 0.742. The van der Waals surface area contributed by atoms with Gasteiger partial charge in [-0.3, -0.25) is 4.79 Å². The van der Waals surface area contributed by atoms with E-state index in [-0.39, 0.29) is 22.5 Å². The van der Waals surface area contributed by atoms with Gasteiger partial charge in [-0.25, -0.2) is 0 Å². The van der Waals surface area contributed by atoms with E-state index in [9.17, 15) is 15.3 Å². The van der Waals surface area contributed by atoms with Crippen LogP contribution in [0.5, 0.6) is 0 Å². The van der Waals surface area contributed by atoms with E-state index >= 15 is 0 Å². The predicted molar refractivity (Wildman–Crippen MR) is 101 cm³/mol. The lowest BCUT2D eigenvalue weighted by Gasteiger charge is -2.14. The third-order valence-electron chi connectivity index (χ3n) is 4.48. The summed E-state index contributed by atoms with van der Waals surface area (Å²) in [7, 11) is 0. The number of pyridine rings is 1. The molecule has 1 aromatic heterocycles. The molecule has 0 bridgehead atoms. The van der Waals surface area contributed by atoms with Crippen molar-refractivity contribution in [3.8, 4) is 34.4 Å². The van der Waals surface area contributed by atoms with Gasteiger partial charge in [0.2, 0.25) is 0 Å². The van der Waals surface area contributed by atoms with Crippen LogP contribution in [0.4, 0.5) is 5.82 Å². The summed E-state index contributed by atoms with van der Waals surface area (Å²) in [4.78, 5) is 14.6. The van der Waals surface area contributed by atoms with Crippen LogP contribution in [0.15, 0.2) is 47.3 Å². The highest BCUT2D eigenvalue weighted by Crippen LogP contribution is 2.36. The van der Waals surface area contributed by atoms with E-state index in [0.29, 0.717) is 5.56 Å². The SMILES string of the molecule is Cc1ccc(-c2ccccc2-c2c(C#N)c(N)[nH]c(=O)c2C#N)cc1C. The lowest BCUT2D eigenvalue weighted by molar-refractivity contribution is 1.21. The normalized spacial score (nSPS) is 10.2. The molecule has 1 heterocycles. The number of H-pyrrole nitrogens is 1. The minimum Gasteiger partial charge on any atom is -0.384 e. The number of aromatic nitrogens is 1. The van der Waals surface area contributed by atoms with Gasteiger partial charge in [-0.2, -0.15) is 10.5 Å². The zero-order valence-corrected chi connectivity index (χ0v) is 14.4. The standard InChI is InChI=1S/C21H16N4O/c1-12-7-8-14(9-13(12)2)15-5-3-4-6-16(15)19-17(10-22)20(24)25-21(26)18(19)11-23/h3-9H,1-2H3,(H3,24,25,26). The number of anilines is 1. The van der Waals surface area contributed by atoms with Crippen LogP contribution < -0.4 is 11.3 Å². The van der Waals surface area contributed by atoms with Gasteiger partial charge in [0.15, 0.2) is 0 Å². The Hall–Kier alpha value is -3.83. The largest absolute Gasteiger partial charge is 0.384 e. The first-order valence-corrected chi connectivity index (χ1v) is 8.01. The van der Waals surface area contributed by atoms with Crippen LogP contribution in [0.2, 0.25) is 0 Å². The van der Waals surface area contributed by atoms with Crippen molar-refractivity contribution in [2.75, 3.05) is 5.73 Å². The van der Waals surface area contributed by atoms with E-state index in [1.165, 1.54) is 5.56 Å². The zero-order valence-electron chi connectivity index (χ0n) is 14.4. The number of aromatic amines is 1. The Morgan fingerprint density at radius 2 is 1.58 bits per heavy atom. The molecule has 0 unspecified atom stereocenters. The summed E-state index contributed by atoms with van der Waals surface area (Å²) in [5.41, 5.74) is 10.2. The number of nitrogen functional groups attached to an aromatic ring is 1. The lowest BCUT2D eigenvalue weighted by Crippen LogP contribution is -2.16. The van der Waals surface area contributed by atoms with Crippen molar-refractivity contribution in [2.45, 2.75) is 13.8 Å². The first-order chi connectivity index (χ1) is 12.5. The molecule has 26 heavy (non-hydrogen) atoms. The number of hydrogen-bond acceptors (Lipinski definition) is 4. The maximum atomic E-state index is 12.2. The number of nitriles is 2. The van der Waals surface area contributed by atoms with Crippen molar-refractivity contribution in [2.24, 2.45) is 0 Å². The van der Waals surface area contributed by atoms with Gasteiger partial charge in [0.25, 0.3) is 5.56 Å². The second-order valence-electron chi connectivity index (χ2n) is 6.06. The topological polar surface area (TPSA) is 106 Å². The van der Waals surface area contributed by atoms with Crippen LogP contribution >= 0.6 is 0 Å². The van der Waals surface area contributed by atoms with Gasteiger partial charge in [0, 0.05) is 5.56 Å². The number of rotatable bonds is 2. The molecule has 0 atom stereocenters. The first-order valence-electron chi connectivity index (χ1n) is 8.01. The average Bonchev–Trinajstić information content (AvgIpc) is 2.63. The number of hydrogen-bond donors (Lipinski definition) is 2. The second-order valence-corrected chi connectivity index (χ2v) is 6.06. The summed E-state index contributed by atoms with van der Waals surface area (Å²) in [6.45, 7) is 4.05. The third kappa shape index (κ3) is 2.72. The Morgan fingerprint density at radius 1 is 0.923 bits per heavy atom. The third-order valence-corrected chi connectivity index (χ3v) is 4.48. The fraction of sp³-hybridized carbons (Fsp3) is 0.0952. The molecule has 2 aromatic carbocycles. The number of nitrogens with zero attached hydrogens (tertiary/aromatic N) is 2. The fourth-order valence-electron chi connectivity index (χ4n) is 2.97. The number of nitrogens with two attached hydrogens (primary N) is 1. The summed E-state index contributed by atoms with van der Waals surface area (Å²) in [5, 5.41) is 19.0. The molecular formula is C21H16N4O. The van der Waals surface area contributed by atoms with Crippen LogP contribution in [0, 0.1) is 36.5 Å². The van der Waals surface area contributed by atoms with Gasteiger partial charge in [0.1, 0.15) is 29.1 Å². The Labute approximate surface area is 151 Å². The van der Waals surface area contributed by atoms with Crippen molar-refractivity contribution >= 4 is 5.82 Å². The van der Waals surface area contributed by atoms with Gasteiger partial charge >= 0.3 is 0 Å². The molecule has 0 fully saturated rings. The van der Waals surface area contributed by atoms with E-state index in [0.717, 1.165) is 16.7 Å². The minimum absolute atomic E-state index is 0.0404. The summed E-state index contributed by atoms with van der Waals surface area (Å²) in [6, 6.07) is 17.4. The van der Waals surface area contributed by atoms with E-state index in [4.69, 9.17) is 5.73 Å². The summed E-state index contributed by atoms with van der Waals surface area (Å²) in [5.74, 6) is -0.0404. The van der Waals surface area contributed by atoms with Gasteiger partial charge < -0.3 is 10.7 Å². The molecule has 126 valence electrons. The molecular weight excluding hydrogens is 324 g/mol. The molecule has 0 radical (unpaired) electrons. The Morgan fingerprint density at radius 3 is 2.19 bits per heavy atom. The maximum absolute atomic E-state index is 12.2. The molecule has 0 saturated heterocycles. The van der Waals surface area contributed by atoms with Gasteiger partial charge in [-0.1, -0.05) is 42.5 Å². The number of benzene rings is 2. The summed E-state index contributed by atoms with van der Waals surface area (Å²) >= 11 is 0. The van der Waals surface area contributed by atoms with Crippen molar-refractivity contribution < 1.29 is 0 Å². The van der Waals surface area contributed by atoms with Crippen LogP contribution in [-0.4, -0.2) is 4.98 Å². The van der Waals surface area contributed by atoms with E-state index in [2.05, 4.69) is 4.98 Å². The first kappa shape index (κ1) is 17.0. The predicted octanol–water partition coefficient (Wildman–Crippen LogP) is 3.65. The molecule has 5 nitrogen and oxygen atoms in total.